The van der Waals surface area contributed by atoms with Crippen molar-refractivity contribution in [1.29, 1.82) is 0 Å². The quantitative estimate of drug-likeness (QED) is 0.426. The summed E-state index contributed by atoms with van der Waals surface area (Å²) in [5, 5.41) is 10.7. The largest absolute Gasteiger partial charge is 0.444 e. The lowest BCUT2D eigenvalue weighted by atomic mass is 9.85. The molecule has 1 amide bonds. The van der Waals surface area contributed by atoms with Crippen LogP contribution in [0.5, 0.6) is 0 Å². The molecule has 190 valence electrons. The van der Waals surface area contributed by atoms with Crippen LogP contribution >= 0.6 is 0 Å². The van der Waals surface area contributed by atoms with E-state index in [2.05, 4.69) is 54.6 Å². The highest BCUT2D eigenvalue weighted by Crippen LogP contribution is 2.39. The van der Waals surface area contributed by atoms with E-state index in [-0.39, 0.29) is 34.6 Å². The number of ether oxygens (including phenoxy) is 2. The van der Waals surface area contributed by atoms with Crippen LogP contribution in [0.15, 0.2) is 0 Å². The first kappa shape index (κ1) is 29.4. The Morgan fingerprint density at radius 1 is 1.12 bits per heavy atom. The van der Waals surface area contributed by atoms with Crippen LogP contribution in [-0.4, -0.2) is 67.5 Å². The number of hydrogen-bond donors (Lipinski definition) is 1. The van der Waals surface area contributed by atoms with Gasteiger partial charge in [-0.05, 0) is 78.4 Å². The zero-order valence-electron chi connectivity index (χ0n) is 22.9. The molecule has 32 heavy (non-hydrogen) atoms. The number of aliphatic hydroxyl groups is 1. The van der Waals surface area contributed by atoms with Gasteiger partial charge in [0.05, 0.1) is 24.4 Å². The molecule has 0 aromatic heterocycles. The number of rotatable bonds is 9. The number of aliphatic hydroxyl groups excluding tert-OH is 1. The van der Waals surface area contributed by atoms with Gasteiger partial charge >= 0.3 is 6.09 Å². The highest BCUT2D eigenvalue weighted by atomic mass is 28.4. The zero-order chi connectivity index (χ0) is 25.1. The van der Waals surface area contributed by atoms with E-state index in [0.717, 1.165) is 12.8 Å². The van der Waals surface area contributed by atoms with E-state index < -0.39 is 20.0 Å². The van der Waals surface area contributed by atoms with E-state index in [1.807, 2.05) is 27.7 Å². The van der Waals surface area contributed by atoms with Crippen molar-refractivity contribution in [3.05, 3.63) is 0 Å². The van der Waals surface area contributed by atoms with Crippen molar-refractivity contribution < 1.29 is 23.8 Å². The fourth-order valence-electron chi connectivity index (χ4n) is 3.75. The number of hydrogen-bond acceptors (Lipinski definition) is 5. The predicted octanol–water partition coefficient (Wildman–Crippen LogP) is 5.84. The van der Waals surface area contributed by atoms with Gasteiger partial charge in [-0.3, -0.25) is 0 Å². The van der Waals surface area contributed by atoms with Crippen LogP contribution in [0.3, 0.4) is 0 Å². The van der Waals surface area contributed by atoms with E-state index in [9.17, 15) is 9.90 Å². The Morgan fingerprint density at radius 3 is 2.12 bits per heavy atom. The molecule has 1 aliphatic rings. The number of carbonyl (C=O) groups excluding carboxylic acids is 1. The van der Waals surface area contributed by atoms with E-state index >= 15 is 0 Å². The van der Waals surface area contributed by atoms with Crippen LogP contribution in [0.1, 0.15) is 82.1 Å². The summed E-state index contributed by atoms with van der Waals surface area (Å²) in [5.74, 6) is 0.0452. The summed E-state index contributed by atoms with van der Waals surface area (Å²) >= 11 is 0. The summed E-state index contributed by atoms with van der Waals surface area (Å²) in [7, 11) is -1.87. The number of amides is 1. The minimum Gasteiger partial charge on any atom is -0.444 e. The molecule has 0 bridgehead atoms. The molecular weight excluding hydrogens is 422 g/mol. The SMILES string of the molecule is CCC(C)(C)OC[C@@H]1[C@@H](CCO[Si](C)(C)C(C)(C)C)[C@@H]([C@H](C)O)CN1C(=O)OC(C)(C)C. The maximum absolute atomic E-state index is 13.1. The lowest BCUT2D eigenvalue weighted by Gasteiger charge is -2.37. The maximum Gasteiger partial charge on any atom is 0.410 e. The molecule has 0 aromatic rings. The van der Waals surface area contributed by atoms with E-state index in [1.165, 1.54) is 0 Å². The van der Waals surface area contributed by atoms with Gasteiger partial charge in [-0.15, -0.1) is 0 Å². The molecule has 1 heterocycles. The average molecular weight is 474 g/mol. The van der Waals surface area contributed by atoms with Crippen molar-refractivity contribution in [2.24, 2.45) is 11.8 Å². The molecular formula is C25H51NO5Si. The van der Waals surface area contributed by atoms with Crippen LogP contribution in [0.25, 0.3) is 0 Å². The van der Waals surface area contributed by atoms with Crippen molar-refractivity contribution >= 4 is 14.4 Å². The molecule has 0 aliphatic carbocycles. The normalized spacial score (nSPS) is 24.0. The number of nitrogens with zero attached hydrogens (tertiary/aromatic N) is 1. The molecule has 6 nitrogen and oxygen atoms in total. The second-order valence-corrected chi connectivity index (χ2v) is 17.4. The molecule has 0 aromatic carbocycles. The summed E-state index contributed by atoms with van der Waals surface area (Å²) in [5.41, 5.74) is -0.847. The third-order valence-corrected chi connectivity index (χ3v) is 11.9. The number of carbonyl (C=O) groups is 1. The minimum absolute atomic E-state index is 0.0381. The molecule has 1 N–H and O–H groups in total. The Kier molecular flexibility index (Phi) is 9.87. The van der Waals surface area contributed by atoms with Gasteiger partial charge in [0.15, 0.2) is 8.32 Å². The summed E-state index contributed by atoms with van der Waals surface area (Å²) < 4.78 is 18.4. The van der Waals surface area contributed by atoms with Crippen molar-refractivity contribution in [3.63, 3.8) is 0 Å². The molecule has 1 saturated heterocycles. The van der Waals surface area contributed by atoms with E-state index in [4.69, 9.17) is 13.9 Å². The van der Waals surface area contributed by atoms with Crippen LogP contribution in [0.2, 0.25) is 18.1 Å². The predicted molar refractivity (Wildman–Crippen MR) is 133 cm³/mol. The molecule has 0 radical (unpaired) electrons. The topological polar surface area (TPSA) is 68.2 Å². The van der Waals surface area contributed by atoms with Gasteiger partial charge in [0.1, 0.15) is 5.60 Å². The second kappa shape index (κ2) is 10.7. The Balaban J connectivity index is 3.11. The van der Waals surface area contributed by atoms with Gasteiger partial charge in [-0.1, -0.05) is 27.7 Å². The Hall–Kier alpha value is -0.633. The lowest BCUT2D eigenvalue weighted by molar-refractivity contribution is -0.0544. The molecule has 1 rings (SSSR count). The van der Waals surface area contributed by atoms with Crippen LogP contribution in [0.4, 0.5) is 4.79 Å². The third-order valence-electron chi connectivity index (χ3n) is 7.32. The fourth-order valence-corrected chi connectivity index (χ4v) is 4.82. The standard InChI is InChI=1S/C25H51NO5Si/c1-13-25(9,10)29-17-21-19(14-15-30-32(11,12)24(6,7)8)20(18(2)27)16-26(21)22(28)31-23(3,4)5/h18-21,27H,13-17H2,1-12H3/t18-,19-,20+,21+/m0/s1. The maximum atomic E-state index is 13.1. The fraction of sp³-hybridized carbons (Fsp3) is 0.960. The van der Waals surface area contributed by atoms with Crippen molar-refractivity contribution in [2.75, 3.05) is 19.8 Å². The van der Waals surface area contributed by atoms with Crippen molar-refractivity contribution in [1.82, 2.24) is 4.90 Å². The molecule has 0 saturated carbocycles. The van der Waals surface area contributed by atoms with Crippen LogP contribution < -0.4 is 0 Å². The lowest BCUT2D eigenvalue weighted by Crippen LogP contribution is -2.45. The summed E-state index contributed by atoms with van der Waals surface area (Å²) in [4.78, 5) is 14.9. The van der Waals surface area contributed by atoms with Gasteiger partial charge in [0.2, 0.25) is 0 Å². The molecule has 1 aliphatic heterocycles. The molecule has 0 unspecified atom stereocenters. The third kappa shape index (κ3) is 8.30. The first-order valence-electron chi connectivity index (χ1n) is 12.3. The highest BCUT2D eigenvalue weighted by molar-refractivity contribution is 6.74. The van der Waals surface area contributed by atoms with Crippen molar-refractivity contribution in [2.45, 2.75) is 124 Å². The van der Waals surface area contributed by atoms with Gasteiger partial charge in [-0.2, -0.15) is 0 Å². The zero-order valence-corrected chi connectivity index (χ0v) is 23.9. The average Bonchev–Trinajstić information content (AvgIpc) is 2.96. The van der Waals surface area contributed by atoms with Gasteiger partial charge < -0.3 is 23.9 Å². The van der Waals surface area contributed by atoms with Gasteiger partial charge in [-0.25, -0.2) is 4.79 Å². The summed E-state index contributed by atoms with van der Waals surface area (Å²) in [6.45, 7) is 26.4. The van der Waals surface area contributed by atoms with E-state index in [1.54, 1.807) is 4.90 Å². The van der Waals surface area contributed by atoms with Crippen LogP contribution in [-0.2, 0) is 13.9 Å². The Bertz CT molecular complexity index is 606. The van der Waals surface area contributed by atoms with Gasteiger partial charge in [0.25, 0.3) is 0 Å². The summed E-state index contributed by atoms with van der Waals surface area (Å²) in [6.07, 6.45) is 0.800. The minimum atomic E-state index is -1.87. The van der Waals surface area contributed by atoms with Crippen LogP contribution in [0, 0.1) is 11.8 Å². The molecule has 1 fully saturated rings. The first-order valence-corrected chi connectivity index (χ1v) is 15.2. The highest BCUT2D eigenvalue weighted by Gasteiger charge is 2.47. The van der Waals surface area contributed by atoms with E-state index in [0.29, 0.717) is 19.8 Å². The molecule has 0 spiro atoms. The van der Waals surface area contributed by atoms with Crippen molar-refractivity contribution in [3.8, 4) is 0 Å². The monoisotopic (exact) mass is 473 g/mol. The Labute approximate surface area is 198 Å². The first-order chi connectivity index (χ1) is 14.3. The summed E-state index contributed by atoms with van der Waals surface area (Å²) in [6, 6.07) is -0.154. The molecule has 7 heteroatoms. The molecule has 4 atom stereocenters. The second-order valence-electron chi connectivity index (χ2n) is 12.6. The Morgan fingerprint density at radius 2 is 1.69 bits per heavy atom. The number of likely N-dealkylation sites (tertiary alicyclic amines) is 1. The smallest absolute Gasteiger partial charge is 0.410 e. The van der Waals surface area contributed by atoms with Gasteiger partial charge in [0, 0.05) is 19.1 Å².